The van der Waals surface area contributed by atoms with Crippen molar-refractivity contribution >= 4 is 82.3 Å². The summed E-state index contributed by atoms with van der Waals surface area (Å²) in [5, 5.41) is 13.0. The first kappa shape index (κ1) is 29.3. The van der Waals surface area contributed by atoms with E-state index in [2.05, 4.69) is 205 Å². The van der Waals surface area contributed by atoms with Gasteiger partial charge in [-0.3, -0.25) is 0 Å². The van der Waals surface area contributed by atoms with Gasteiger partial charge < -0.3 is 9.80 Å². The van der Waals surface area contributed by atoms with E-state index < -0.39 is 0 Å². The number of rotatable bonds is 6. The molecule has 0 bridgehead atoms. The number of hydrogen-bond donors (Lipinski definition) is 0. The molecule has 0 N–H and O–H groups in total. The summed E-state index contributed by atoms with van der Waals surface area (Å²) >= 11 is 0. The van der Waals surface area contributed by atoms with Gasteiger partial charge >= 0.3 is 0 Å². The van der Waals surface area contributed by atoms with Gasteiger partial charge in [0.25, 0.3) is 0 Å². The van der Waals surface area contributed by atoms with E-state index >= 15 is 0 Å². The summed E-state index contributed by atoms with van der Waals surface area (Å²) < 4.78 is 0. The highest BCUT2D eigenvalue weighted by atomic mass is 15.1. The predicted molar refractivity (Wildman–Crippen MR) is 220 cm³/mol. The average molecular weight is 651 g/mol. The first-order valence-corrected chi connectivity index (χ1v) is 17.6. The number of hydrogen-bond acceptors (Lipinski definition) is 2. The molecule has 10 rings (SSSR count). The van der Waals surface area contributed by atoms with Gasteiger partial charge in [0.15, 0.2) is 0 Å². The molecule has 0 saturated heterocycles. The zero-order valence-electron chi connectivity index (χ0n) is 28.3. The molecule has 0 aliphatic carbocycles. The molecule has 0 aliphatic rings. The summed E-state index contributed by atoms with van der Waals surface area (Å²) in [5.74, 6) is 0. The highest BCUT2D eigenvalue weighted by Gasteiger charge is 2.17. The molecule has 0 amide bonds. The molecular formula is C49H34N2. The largest absolute Gasteiger partial charge is 0.344 e. The van der Waals surface area contributed by atoms with Crippen molar-refractivity contribution in [1.29, 1.82) is 0 Å². The first-order chi connectivity index (χ1) is 25.2. The van der Waals surface area contributed by atoms with Crippen molar-refractivity contribution in [1.82, 2.24) is 0 Å². The molecule has 0 saturated carbocycles. The quantitative estimate of drug-likeness (QED) is 0.131. The van der Waals surface area contributed by atoms with Gasteiger partial charge in [0.1, 0.15) is 0 Å². The molecule has 0 heterocycles. The lowest BCUT2D eigenvalue weighted by molar-refractivity contribution is 1.22. The second kappa shape index (κ2) is 11.8. The van der Waals surface area contributed by atoms with E-state index in [0.29, 0.717) is 0 Å². The van der Waals surface area contributed by atoms with Gasteiger partial charge in [-0.2, -0.15) is 0 Å². The van der Waals surface area contributed by atoms with E-state index in [4.69, 9.17) is 0 Å². The van der Waals surface area contributed by atoms with Crippen LogP contribution in [0.4, 0.5) is 28.4 Å². The summed E-state index contributed by atoms with van der Waals surface area (Å²) in [7, 11) is 2.18. The van der Waals surface area contributed by atoms with Crippen molar-refractivity contribution in [2.24, 2.45) is 0 Å². The van der Waals surface area contributed by atoms with Gasteiger partial charge in [-0.1, -0.05) is 133 Å². The first-order valence-electron chi connectivity index (χ1n) is 17.6. The van der Waals surface area contributed by atoms with Crippen LogP contribution in [-0.2, 0) is 0 Å². The zero-order valence-corrected chi connectivity index (χ0v) is 28.3. The summed E-state index contributed by atoms with van der Waals surface area (Å²) in [6, 6.07) is 68.4. The fourth-order valence-corrected chi connectivity index (χ4v) is 8.08. The van der Waals surface area contributed by atoms with Crippen molar-refractivity contribution in [2.75, 3.05) is 16.8 Å². The Bertz CT molecular complexity index is 2810. The van der Waals surface area contributed by atoms with Gasteiger partial charge in [0.05, 0.1) is 0 Å². The second-order valence-electron chi connectivity index (χ2n) is 13.4. The van der Waals surface area contributed by atoms with Crippen molar-refractivity contribution < 1.29 is 0 Å². The number of anilines is 5. The summed E-state index contributed by atoms with van der Waals surface area (Å²) in [5.41, 5.74) is 8.13. The molecule has 2 nitrogen and oxygen atoms in total. The minimum absolute atomic E-state index is 1.12. The van der Waals surface area contributed by atoms with Crippen LogP contribution in [0.3, 0.4) is 0 Å². The predicted octanol–water partition coefficient (Wildman–Crippen LogP) is 13.8. The second-order valence-corrected chi connectivity index (χ2v) is 13.4. The lowest BCUT2D eigenvalue weighted by Crippen LogP contribution is -2.10. The Kier molecular flexibility index (Phi) is 6.75. The Hall–Kier alpha value is -6.64. The van der Waals surface area contributed by atoms with Crippen LogP contribution >= 0.6 is 0 Å². The monoisotopic (exact) mass is 650 g/mol. The molecule has 51 heavy (non-hydrogen) atoms. The maximum Gasteiger partial charge on any atom is 0.0488 e. The minimum Gasteiger partial charge on any atom is -0.344 e. The van der Waals surface area contributed by atoms with Gasteiger partial charge in [-0.15, -0.1) is 0 Å². The molecule has 0 aromatic heterocycles. The highest BCUT2D eigenvalue weighted by molar-refractivity contribution is 6.34. The van der Waals surface area contributed by atoms with Gasteiger partial charge in [-0.25, -0.2) is 0 Å². The number of fused-ring (bicyclic) bond motifs is 3. The fraction of sp³-hybridized carbons (Fsp3) is 0.0204. The molecule has 10 aromatic carbocycles. The van der Waals surface area contributed by atoms with E-state index in [9.17, 15) is 0 Å². The van der Waals surface area contributed by atoms with Gasteiger partial charge in [0, 0.05) is 40.9 Å². The van der Waals surface area contributed by atoms with Crippen LogP contribution in [0.2, 0.25) is 0 Å². The van der Waals surface area contributed by atoms with E-state index in [-0.39, 0.29) is 0 Å². The Balaban J connectivity index is 0.985. The van der Waals surface area contributed by atoms with Crippen molar-refractivity contribution in [3.05, 3.63) is 188 Å². The van der Waals surface area contributed by atoms with Crippen molar-refractivity contribution in [3.8, 4) is 11.1 Å². The normalized spacial score (nSPS) is 11.6. The van der Waals surface area contributed by atoms with Crippen LogP contribution in [0.5, 0.6) is 0 Å². The van der Waals surface area contributed by atoms with Gasteiger partial charge in [-0.05, 0) is 114 Å². The van der Waals surface area contributed by atoms with Crippen LogP contribution in [0.15, 0.2) is 188 Å². The topological polar surface area (TPSA) is 6.48 Å². The number of para-hydroxylation sites is 1. The van der Waals surface area contributed by atoms with E-state index in [1.807, 2.05) is 0 Å². The lowest BCUT2D eigenvalue weighted by atomic mass is 9.89. The number of nitrogens with zero attached hydrogens (tertiary/aromatic N) is 2. The molecule has 2 heteroatoms. The van der Waals surface area contributed by atoms with E-state index in [1.54, 1.807) is 0 Å². The third-order valence-corrected chi connectivity index (χ3v) is 10.6. The number of benzene rings is 10. The van der Waals surface area contributed by atoms with Crippen LogP contribution in [-0.4, -0.2) is 7.05 Å². The Morgan fingerprint density at radius 3 is 1.53 bits per heavy atom. The molecule has 10 aromatic rings. The maximum absolute atomic E-state index is 2.33. The average Bonchev–Trinajstić information content (AvgIpc) is 3.20. The minimum atomic E-state index is 1.12. The van der Waals surface area contributed by atoms with Crippen molar-refractivity contribution in [2.45, 2.75) is 0 Å². The summed E-state index contributed by atoms with van der Waals surface area (Å²) in [4.78, 5) is 4.64. The standard InChI is InChI=1S/C49H34N2/c1-50(47-31-30-45-43-17-8-13-36-12-7-16-42(48(36)43)44-18-9-19-46(47)49(44)45)38-25-20-34(21-26-38)35-22-27-40(28-23-35)51(39-14-3-2-4-15-39)41-29-24-33-10-5-6-11-37(33)32-41/h2-32H,1H3. The fourth-order valence-electron chi connectivity index (χ4n) is 8.08. The summed E-state index contributed by atoms with van der Waals surface area (Å²) in [6.07, 6.45) is 0. The smallest absolute Gasteiger partial charge is 0.0488 e. The van der Waals surface area contributed by atoms with Crippen LogP contribution in [0.25, 0.3) is 65.0 Å². The Morgan fingerprint density at radius 2 is 0.824 bits per heavy atom. The maximum atomic E-state index is 2.33. The zero-order chi connectivity index (χ0) is 33.9. The van der Waals surface area contributed by atoms with Crippen LogP contribution < -0.4 is 9.80 Å². The highest BCUT2D eigenvalue weighted by Crippen LogP contribution is 2.44. The molecule has 0 aliphatic heterocycles. The Morgan fingerprint density at radius 1 is 0.314 bits per heavy atom. The van der Waals surface area contributed by atoms with Gasteiger partial charge in [0.2, 0.25) is 0 Å². The van der Waals surface area contributed by atoms with Crippen LogP contribution in [0, 0.1) is 0 Å². The lowest BCUT2D eigenvalue weighted by Gasteiger charge is -2.26. The Labute approximate surface area is 297 Å². The third kappa shape index (κ3) is 4.80. The molecule has 0 radical (unpaired) electrons. The summed E-state index contributed by atoms with van der Waals surface area (Å²) in [6.45, 7) is 0. The SMILES string of the molecule is CN(c1ccc(-c2ccc(N(c3ccccc3)c3ccc4ccccc4c3)cc2)cc1)c1ccc2c3cccc4cccc(c5cccc1c52)c43. The molecule has 0 fully saturated rings. The van der Waals surface area contributed by atoms with E-state index in [1.165, 1.54) is 70.7 Å². The molecular weight excluding hydrogens is 617 g/mol. The van der Waals surface area contributed by atoms with Crippen molar-refractivity contribution in [3.63, 3.8) is 0 Å². The third-order valence-electron chi connectivity index (χ3n) is 10.6. The molecule has 0 atom stereocenters. The van der Waals surface area contributed by atoms with Crippen LogP contribution in [0.1, 0.15) is 0 Å². The molecule has 0 spiro atoms. The van der Waals surface area contributed by atoms with E-state index in [0.717, 1.165) is 22.7 Å². The molecule has 0 unspecified atom stereocenters. The molecule has 240 valence electrons.